The molecular formula is C33H55NO3S. The molecule has 0 spiro atoms. The van der Waals surface area contributed by atoms with Gasteiger partial charge in [-0.15, -0.1) is 11.3 Å². The molecule has 5 heteroatoms. The molecule has 216 valence electrons. The van der Waals surface area contributed by atoms with Gasteiger partial charge < -0.3 is 4.74 Å². The highest BCUT2D eigenvalue weighted by molar-refractivity contribution is 7.09. The van der Waals surface area contributed by atoms with Gasteiger partial charge in [0, 0.05) is 29.8 Å². The monoisotopic (exact) mass is 545 g/mol. The number of hydrogen-bond acceptors (Lipinski definition) is 5. The standard InChI is InChI=1S/C28H48O3.C5H7NS/c1-11-21(6)24(29)18-27(8,9)22(7)15-26(30)31-25(20(4)5)16-23-17-28(23,10)14-12-13-19(2)3;1-4-3-7-5(2)6-4/h12-13,19,21-23,25H,4,11,14-18H2,1-3,5-10H3;3H,1-2H3/b13-12+;/t21-,22+,23?,25+,28?;/m1./s1. The molecule has 0 bridgehead atoms. The Morgan fingerprint density at radius 1 is 1.26 bits per heavy atom. The zero-order valence-electron chi connectivity index (χ0n) is 26.1. The van der Waals surface area contributed by atoms with Crippen LogP contribution in [-0.2, 0) is 14.3 Å². The minimum absolute atomic E-state index is 0.0751. The van der Waals surface area contributed by atoms with E-state index in [4.69, 9.17) is 4.74 Å². The van der Waals surface area contributed by atoms with Crippen LogP contribution in [0.3, 0.4) is 0 Å². The largest absolute Gasteiger partial charge is 0.458 e. The van der Waals surface area contributed by atoms with Crippen LogP contribution in [-0.4, -0.2) is 22.8 Å². The quantitative estimate of drug-likeness (QED) is 0.173. The Kier molecular flexibility index (Phi) is 13.7. The van der Waals surface area contributed by atoms with Gasteiger partial charge in [0.05, 0.1) is 5.01 Å². The summed E-state index contributed by atoms with van der Waals surface area (Å²) in [5.74, 6) is 1.41. The first-order valence-electron chi connectivity index (χ1n) is 14.4. The minimum atomic E-state index is -0.226. The lowest BCUT2D eigenvalue weighted by Gasteiger charge is -2.32. The lowest BCUT2D eigenvalue weighted by Crippen LogP contribution is -2.30. The molecule has 0 radical (unpaired) electrons. The van der Waals surface area contributed by atoms with Gasteiger partial charge in [-0.2, -0.15) is 0 Å². The normalized spacial score (nSPS) is 21.4. The Morgan fingerprint density at radius 3 is 2.34 bits per heavy atom. The second-order valence-electron chi connectivity index (χ2n) is 13.0. The Morgan fingerprint density at radius 2 is 1.89 bits per heavy atom. The molecule has 0 saturated heterocycles. The van der Waals surface area contributed by atoms with Crippen LogP contribution >= 0.6 is 11.3 Å². The van der Waals surface area contributed by atoms with E-state index in [1.165, 1.54) is 6.42 Å². The molecule has 1 saturated carbocycles. The van der Waals surface area contributed by atoms with Crippen molar-refractivity contribution in [1.29, 1.82) is 0 Å². The first kappa shape index (κ1) is 34.3. The van der Waals surface area contributed by atoms with Crippen molar-refractivity contribution < 1.29 is 14.3 Å². The van der Waals surface area contributed by atoms with Gasteiger partial charge in [-0.1, -0.05) is 74.1 Å². The number of hydrogen-bond donors (Lipinski definition) is 0. The molecule has 0 aromatic carbocycles. The van der Waals surface area contributed by atoms with Gasteiger partial charge in [0.1, 0.15) is 11.9 Å². The Balaban J connectivity index is 0.000000884. The van der Waals surface area contributed by atoms with Crippen molar-refractivity contribution in [2.45, 2.75) is 121 Å². The number of carbonyl (C=O) groups excluding carboxylic acids is 2. The van der Waals surface area contributed by atoms with Gasteiger partial charge in [-0.3, -0.25) is 9.59 Å². The lowest BCUT2D eigenvalue weighted by atomic mass is 9.73. The van der Waals surface area contributed by atoms with Crippen LogP contribution in [0.1, 0.15) is 112 Å². The summed E-state index contributed by atoms with van der Waals surface area (Å²) in [5, 5.41) is 3.20. The van der Waals surface area contributed by atoms with E-state index in [1.54, 1.807) is 11.3 Å². The highest BCUT2D eigenvalue weighted by Gasteiger charge is 2.49. The summed E-state index contributed by atoms with van der Waals surface area (Å²) in [6, 6.07) is 0. The summed E-state index contributed by atoms with van der Waals surface area (Å²) in [7, 11) is 0. The Hall–Kier alpha value is -1.75. The Labute approximate surface area is 237 Å². The van der Waals surface area contributed by atoms with Gasteiger partial charge in [-0.25, -0.2) is 4.98 Å². The molecule has 1 heterocycles. The maximum absolute atomic E-state index is 12.7. The molecule has 0 amide bonds. The minimum Gasteiger partial charge on any atom is -0.458 e. The van der Waals surface area contributed by atoms with Crippen molar-refractivity contribution in [3.63, 3.8) is 0 Å². The molecule has 0 aliphatic heterocycles. The van der Waals surface area contributed by atoms with Gasteiger partial charge in [0.25, 0.3) is 0 Å². The van der Waals surface area contributed by atoms with Gasteiger partial charge in [-0.05, 0) is 80.6 Å². The summed E-state index contributed by atoms with van der Waals surface area (Å²) >= 11 is 1.69. The zero-order chi connectivity index (χ0) is 29.3. The van der Waals surface area contributed by atoms with Crippen LogP contribution in [0.5, 0.6) is 0 Å². The number of aryl methyl sites for hydroxylation is 2. The van der Waals surface area contributed by atoms with E-state index in [0.29, 0.717) is 30.1 Å². The predicted octanol–water partition coefficient (Wildman–Crippen LogP) is 9.31. The Bertz CT molecular complexity index is 927. The van der Waals surface area contributed by atoms with Gasteiger partial charge in [0.2, 0.25) is 0 Å². The van der Waals surface area contributed by atoms with Crippen molar-refractivity contribution in [2.75, 3.05) is 0 Å². The molecular weight excluding hydrogens is 490 g/mol. The number of allylic oxidation sites excluding steroid dienone is 2. The lowest BCUT2D eigenvalue weighted by molar-refractivity contribution is -0.150. The number of ketones is 1. The molecule has 38 heavy (non-hydrogen) atoms. The smallest absolute Gasteiger partial charge is 0.306 e. The van der Waals surface area contributed by atoms with E-state index in [9.17, 15) is 9.59 Å². The molecule has 1 aromatic rings. The van der Waals surface area contributed by atoms with Crippen LogP contribution in [0, 0.1) is 48.3 Å². The third kappa shape index (κ3) is 12.0. The molecule has 1 aromatic heterocycles. The van der Waals surface area contributed by atoms with Gasteiger partial charge >= 0.3 is 5.97 Å². The number of aromatic nitrogens is 1. The number of rotatable bonds is 14. The second-order valence-corrected chi connectivity index (χ2v) is 14.1. The van der Waals surface area contributed by atoms with E-state index in [1.807, 2.05) is 34.6 Å². The molecule has 5 atom stereocenters. The summed E-state index contributed by atoms with van der Waals surface area (Å²) in [5.41, 5.74) is 2.13. The first-order chi connectivity index (χ1) is 17.5. The fourth-order valence-electron chi connectivity index (χ4n) is 4.57. The van der Waals surface area contributed by atoms with Crippen molar-refractivity contribution in [2.24, 2.45) is 34.5 Å². The van der Waals surface area contributed by atoms with Crippen LogP contribution in [0.25, 0.3) is 0 Å². The fourth-order valence-corrected chi connectivity index (χ4v) is 5.16. The third-order valence-electron chi connectivity index (χ3n) is 8.30. The molecule has 2 rings (SSSR count). The highest BCUT2D eigenvalue weighted by Crippen LogP contribution is 2.57. The maximum atomic E-state index is 12.7. The average molecular weight is 546 g/mol. The van der Waals surface area contributed by atoms with E-state index in [2.05, 4.69) is 70.6 Å². The molecule has 1 aliphatic rings. The van der Waals surface area contributed by atoms with E-state index < -0.39 is 0 Å². The maximum Gasteiger partial charge on any atom is 0.306 e. The summed E-state index contributed by atoms with van der Waals surface area (Å²) in [6.45, 7) is 27.0. The summed E-state index contributed by atoms with van der Waals surface area (Å²) in [4.78, 5) is 29.3. The van der Waals surface area contributed by atoms with Crippen molar-refractivity contribution >= 4 is 23.1 Å². The molecule has 0 N–H and O–H groups in total. The number of Topliss-reactive ketones (excluding diaryl/α,β-unsaturated/α-hetero) is 1. The SMILES string of the molecule is C=C(C)[C@H](CC1CC1(C)C/C=C/C(C)C)OC(=O)C[C@H](C)C(C)(C)CC(=O)[C@H](C)CC.Cc1csc(C)n1. The summed E-state index contributed by atoms with van der Waals surface area (Å²) < 4.78 is 5.90. The molecule has 2 unspecified atom stereocenters. The third-order valence-corrected chi connectivity index (χ3v) is 9.19. The van der Waals surface area contributed by atoms with Crippen LogP contribution in [0.15, 0.2) is 29.7 Å². The predicted molar refractivity (Wildman–Crippen MR) is 162 cm³/mol. The number of carbonyl (C=O) groups is 2. The topological polar surface area (TPSA) is 56.3 Å². The fraction of sp³-hybridized carbons (Fsp3) is 0.727. The second kappa shape index (κ2) is 15.1. The highest BCUT2D eigenvalue weighted by atomic mass is 32.1. The number of thiazole rings is 1. The summed E-state index contributed by atoms with van der Waals surface area (Å²) in [6.07, 6.45) is 9.18. The molecule has 4 nitrogen and oxygen atoms in total. The molecule has 1 aliphatic carbocycles. The molecule has 1 fully saturated rings. The number of esters is 1. The number of ether oxygens (including phenoxy) is 1. The average Bonchev–Trinajstić information content (AvgIpc) is 3.27. The van der Waals surface area contributed by atoms with E-state index in [0.717, 1.165) is 35.5 Å². The van der Waals surface area contributed by atoms with E-state index >= 15 is 0 Å². The van der Waals surface area contributed by atoms with Crippen LogP contribution in [0.2, 0.25) is 0 Å². The first-order valence-corrected chi connectivity index (χ1v) is 15.3. The van der Waals surface area contributed by atoms with Crippen molar-refractivity contribution in [3.05, 3.63) is 40.4 Å². The zero-order valence-corrected chi connectivity index (χ0v) is 27.0. The van der Waals surface area contributed by atoms with Crippen LogP contribution < -0.4 is 0 Å². The van der Waals surface area contributed by atoms with Crippen molar-refractivity contribution in [3.8, 4) is 0 Å². The number of nitrogens with zero attached hydrogens (tertiary/aromatic N) is 1. The van der Waals surface area contributed by atoms with E-state index in [-0.39, 0.29) is 35.1 Å². The van der Waals surface area contributed by atoms with Crippen LogP contribution in [0.4, 0.5) is 0 Å². The van der Waals surface area contributed by atoms with Gasteiger partial charge in [0.15, 0.2) is 0 Å². The van der Waals surface area contributed by atoms with Crippen molar-refractivity contribution in [1.82, 2.24) is 4.98 Å².